The van der Waals surface area contributed by atoms with Crippen LogP contribution in [-0.2, 0) is 6.54 Å². The van der Waals surface area contributed by atoms with E-state index in [1.807, 2.05) is 12.1 Å². The lowest BCUT2D eigenvalue weighted by molar-refractivity contribution is 0.0546. The van der Waals surface area contributed by atoms with Gasteiger partial charge in [0.1, 0.15) is 0 Å². The van der Waals surface area contributed by atoms with Crippen molar-refractivity contribution in [2.45, 2.75) is 51.1 Å². The Morgan fingerprint density at radius 1 is 1.11 bits per heavy atom. The molecule has 0 spiro atoms. The summed E-state index contributed by atoms with van der Waals surface area (Å²) in [6, 6.07) is 11.2. The third-order valence-corrected chi connectivity index (χ3v) is 4.87. The number of nitriles is 1. The minimum atomic E-state index is 0.772. The van der Waals surface area contributed by atoms with Gasteiger partial charge in [0, 0.05) is 12.6 Å². The molecule has 1 aliphatic heterocycles. The second-order valence-corrected chi connectivity index (χ2v) is 5.99. The van der Waals surface area contributed by atoms with E-state index in [-0.39, 0.29) is 0 Å². The number of likely N-dealkylation sites (tertiary alicyclic amines) is 1. The highest BCUT2D eigenvalue weighted by Crippen LogP contribution is 2.36. The Labute approximate surface area is 116 Å². The molecule has 2 aliphatic rings. The van der Waals surface area contributed by atoms with Crippen LogP contribution < -0.4 is 0 Å². The molecule has 2 heteroatoms. The van der Waals surface area contributed by atoms with Gasteiger partial charge in [0.2, 0.25) is 0 Å². The summed E-state index contributed by atoms with van der Waals surface area (Å²) in [6.45, 7) is 2.17. The van der Waals surface area contributed by atoms with Gasteiger partial charge in [-0.05, 0) is 49.8 Å². The molecule has 1 heterocycles. The Bertz CT molecular complexity index is 472. The monoisotopic (exact) mass is 254 g/mol. The van der Waals surface area contributed by atoms with Crippen LogP contribution in [0.5, 0.6) is 0 Å². The Hall–Kier alpha value is -1.33. The summed E-state index contributed by atoms with van der Waals surface area (Å²) in [7, 11) is 0. The second-order valence-electron chi connectivity index (χ2n) is 5.99. The molecule has 2 nitrogen and oxygen atoms in total. The molecule has 0 amide bonds. The fraction of sp³-hybridized carbons (Fsp3) is 0.588. The van der Waals surface area contributed by atoms with Gasteiger partial charge in [-0.25, -0.2) is 0 Å². The summed E-state index contributed by atoms with van der Waals surface area (Å²) in [4.78, 5) is 2.64. The number of rotatable bonds is 2. The number of fused-ring (bicyclic) bond motifs is 1. The zero-order chi connectivity index (χ0) is 13.1. The quantitative estimate of drug-likeness (QED) is 0.804. The highest BCUT2D eigenvalue weighted by atomic mass is 15.2. The summed E-state index contributed by atoms with van der Waals surface area (Å²) in [5.41, 5.74) is 2.05. The standard InChI is InChI=1S/C17H22N2/c18-12-15-7-1-2-8-16(15)13-19-11-5-9-14-6-3-4-10-17(14)19/h1-2,7-8,14,17H,3-6,9-11,13H2. The van der Waals surface area contributed by atoms with E-state index in [0.717, 1.165) is 24.1 Å². The molecule has 3 rings (SSSR count). The van der Waals surface area contributed by atoms with Gasteiger partial charge in [0.05, 0.1) is 11.6 Å². The number of hydrogen-bond acceptors (Lipinski definition) is 2. The molecule has 0 radical (unpaired) electrons. The minimum Gasteiger partial charge on any atom is -0.296 e. The van der Waals surface area contributed by atoms with E-state index >= 15 is 0 Å². The molecule has 1 aromatic carbocycles. The molecule has 2 fully saturated rings. The lowest BCUT2D eigenvalue weighted by atomic mass is 9.78. The van der Waals surface area contributed by atoms with E-state index in [9.17, 15) is 5.26 Å². The third-order valence-electron chi connectivity index (χ3n) is 4.87. The van der Waals surface area contributed by atoms with Crippen molar-refractivity contribution >= 4 is 0 Å². The first kappa shape index (κ1) is 12.7. The molecule has 2 atom stereocenters. The van der Waals surface area contributed by atoms with E-state index in [1.54, 1.807) is 0 Å². The van der Waals surface area contributed by atoms with E-state index in [4.69, 9.17) is 0 Å². The molecule has 0 N–H and O–H groups in total. The summed E-state index contributed by atoms with van der Waals surface area (Å²) in [5, 5.41) is 9.21. The topological polar surface area (TPSA) is 27.0 Å². The Morgan fingerprint density at radius 2 is 1.89 bits per heavy atom. The fourth-order valence-corrected chi connectivity index (χ4v) is 3.91. The van der Waals surface area contributed by atoms with Crippen LogP contribution in [0, 0.1) is 17.2 Å². The second kappa shape index (κ2) is 5.75. The first-order chi connectivity index (χ1) is 9.38. The molecule has 1 aromatic rings. The molecule has 0 bridgehead atoms. The Kier molecular flexibility index (Phi) is 3.84. The van der Waals surface area contributed by atoms with Gasteiger partial charge in [0.25, 0.3) is 0 Å². The molecule has 1 saturated heterocycles. The highest BCUT2D eigenvalue weighted by molar-refractivity contribution is 5.37. The van der Waals surface area contributed by atoms with Crippen LogP contribution in [0.4, 0.5) is 0 Å². The van der Waals surface area contributed by atoms with E-state index in [1.165, 1.54) is 50.6 Å². The van der Waals surface area contributed by atoms with Crippen LogP contribution in [0.2, 0.25) is 0 Å². The molecule has 2 unspecified atom stereocenters. The van der Waals surface area contributed by atoms with Crippen LogP contribution in [0.3, 0.4) is 0 Å². The van der Waals surface area contributed by atoms with Crippen molar-refractivity contribution in [3.63, 3.8) is 0 Å². The van der Waals surface area contributed by atoms with Crippen LogP contribution in [0.15, 0.2) is 24.3 Å². The van der Waals surface area contributed by atoms with Gasteiger partial charge in [0.15, 0.2) is 0 Å². The van der Waals surface area contributed by atoms with Gasteiger partial charge in [-0.15, -0.1) is 0 Å². The summed E-state index contributed by atoms with van der Waals surface area (Å²) in [5.74, 6) is 0.914. The van der Waals surface area contributed by atoms with Crippen molar-refractivity contribution in [3.8, 4) is 6.07 Å². The van der Waals surface area contributed by atoms with E-state index < -0.39 is 0 Å². The lowest BCUT2D eigenvalue weighted by Crippen LogP contribution is -2.46. The number of nitrogens with zero attached hydrogens (tertiary/aromatic N) is 2. The predicted molar refractivity (Wildman–Crippen MR) is 76.5 cm³/mol. The van der Waals surface area contributed by atoms with Crippen LogP contribution in [-0.4, -0.2) is 17.5 Å². The largest absolute Gasteiger partial charge is 0.296 e. The zero-order valence-electron chi connectivity index (χ0n) is 11.5. The number of hydrogen-bond donors (Lipinski definition) is 0. The first-order valence-electron chi connectivity index (χ1n) is 7.60. The molecule has 0 aromatic heterocycles. The van der Waals surface area contributed by atoms with Crippen molar-refractivity contribution in [2.75, 3.05) is 6.54 Å². The van der Waals surface area contributed by atoms with Gasteiger partial charge >= 0.3 is 0 Å². The van der Waals surface area contributed by atoms with E-state index in [2.05, 4.69) is 23.1 Å². The predicted octanol–water partition coefficient (Wildman–Crippen LogP) is 3.71. The molecular weight excluding hydrogens is 232 g/mol. The zero-order valence-corrected chi connectivity index (χ0v) is 11.5. The van der Waals surface area contributed by atoms with Crippen LogP contribution in [0.1, 0.15) is 49.7 Å². The van der Waals surface area contributed by atoms with Crippen molar-refractivity contribution in [2.24, 2.45) is 5.92 Å². The van der Waals surface area contributed by atoms with Gasteiger partial charge < -0.3 is 0 Å². The molecule has 1 aliphatic carbocycles. The van der Waals surface area contributed by atoms with Gasteiger partial charge in [-0.1, -0.05) is 31.0 Å². The van der Waals surface area contributed by atoms with Crippen LogP contribution >= 0.6 is 0 Å². The Balaban J connectivity index is 1.76. The summed E-state index contributed by atoms with van der Waals surface area (Å²) < 4.78 is 0. The van der Waals surface area contributed by atoms with Gasteiger partial charge in [-0.3, -0.25) is 4.90 Å². The minimum absolute atomic E-state index is 0.772. The average molecular weight is 254 g/mol. The van der Waals surface area contributed by atoms with Crippen molar-refractivity contribution < 1.29 is 0 Å². The van der Waals surface area contributed by atoms with E-state index in [0.29, 0.717) is 0 Å². The maximum atomic E-state index is 9.21. The third kappa shape index (κ3) is 2.67. The SMILES string of the molecule is N#Cc1ccccc1CN1CCCC2CCCCC21. The number of benzene rings is 1. The fourth-order valence-electron chi connectivity index (χ4n) is 3.91. The summed E-state index contributed by atoms with van der Waals surface area (Å²) in [6.07, 6.45) is 8.33. The maximum absolute atomic E-state index is 9.21. The smallest absolute Gasteiger partial charge is 0.0995 e. The van der Waals surface area contributed by atoms with Crippen molar-refractivity contribution in [3.05, 3.63) is 35.4 Å². The lowest BCUT2D eigenvalue weighted by Gasteiger charge is -2.44. The van der Waals surface area contributed by atoms with Gasteiger partial charge in [-0.2, -0.15) is 5.26 Å². The highest BCUT2D eigenvalue weighted by Gasteiger charge is 2.33. The molecular formula is C17H22N2. The van der Waals surface area contributed by atoms with Crippen molar-refractivity contribution in [1.29, 1.82) is 5.26 Å². The molecule has 19 heavy (non-hydrogen) atoms. The van der Waals surface area contributed by atoms with Crippen molar-refractivity contribution in [1.82, 2.24) is 4.90 Å². The maximum Gasteiger partial charge on any atom is 0.0995 e. The number of piperidine rings is 1. The average Bonchev–Trinajstić information content (AvgIpc) is 2.48. The van der Waals surface area contributed by atoms with Crippen LogP contribution in [0.25, 0.3) is 0 Å². The summed E-state index contributed by atoms with van der Waals surface area (Å²) >= 11 is 0. The molecule has 100 valence electrons. The normalized spacial score (nSPS) is 27.5. The Morgan fingerprint density at radius 3 is 2.79 bits per heavy atom. The first-order valence-corrected chi connectivity index (χ1v) is 7.60. The molecule has 1 saturated carbocycles.